The minimum atomic E-state index is -0.0622. The van der Waals surface area contributed by atoms with E-state index in [9.17, 15) is 9.90 Å². The summed E-state index contributed by atoms with van der Waals surface area (Å²) < 4.78 is 1.70. The molecule has 0 aliphatic heterocycles. The van der Waals surface area contributed by atoms with Gasteiger partial charge in [0, 0.05) is 25.9 Å². The zero-order valence-corrected chi connectivity index (χ0v) is 11.7. The second-order valence-electron chi connectivity index (χ2n) is 5.46. The standard InChI is InChI=1S/C14H23N3O2/c1-10-13(8-16-17(10)2)14(19)15-7-11-5-3-4-6-12(11)9-18/h8,11-12,18H,3-7,9H2,1-2H3,(H,15,19). The van der Waals surface area contributed by atoms with E-state index in [4.69, 9.17) is 0 Å². The molecule has 1 aromatic heterocycles. The largest absolute Gasteiger partial charge is 0.396 e. The van der Waals surface area contributed by atoms with Gasteiger partial charge in [-0.05, 0) is 31.6 Å². The van der Waals surface area contributed by atoms with Gasteiger partial charge in [0.05, 0.1) is 11.8 Å². The van der Waals surface area contributed by atoms with Gasteiger partial charge >= 0.3 is 0 Å². The minimum Gasteiger partial charge on any atom is -0.396 e. The third-order valence-corrected chi connectivity index (χ3v) is 4.31. The van der Waals surface area contributed by atoms with Crippen LogP contribution < -0.4 is 5.32 Å². The number of nitrogens with one attached hydrogen (secondary N) is 1. The lowest BCUT2D eigenvalue weighted by Gasteiger charge is -2.30. The fourth-order valence-electron chi connectivity index (χ4n) is 2.83. The molecule has 0 spiro atoms. The van der Waals surface area contributed by atoms with Crippen molar-refractivity contribution in [3.05, 3.63) is 17.5 Å². The Morgan fingerprint density at radius 2 is 2.16 bits per heavy atom. The van der Waals surface area contributed by atoms with Crippen LogP contribution in [0.5, 0.6) is 0 Å². The summed E-state index contributed by atoms with van der Waals surface area (Å²) in [7, 11) is 1.83. The van der Waals surface area contributed by atoms with Crippen molar-refractivity contribution in [1.29, 1.82) is 0 Å². The van der Waals surface area contributed by atoms with Crippen molar-refractivity contribution in [2.45, 2.75) is 32.6 Å². The zero-order chi connectivity index (χ0) is 13.8. The summed E-state index contributed by atoms with van der Waals surface area (Å²) in [6.45, 7) is 2.77. The van der Waals surface area contributed by atoms with Crippen LogP contribution in [0.3, 0.4) is 0 Å². The Bertz CT molecular complexity index is 442. The fraction of sp³-hybridized carbons (Fsp3) is 0.714. The molecular formula is C14H23N3O2. The van der Waals surface area contributed by atoms with E-state index in [1.54, 1.807) is 10.9 Å². The lowest BCUT2D eigenvalue weighted by Crippen LogP contribution is -2.35. The van der Waals surface area contributed by atoms with E-state index in [0.29, 0.717) is 23.9 Å². The Kier molecular flexibility index (Phi) is 4.58. The van der Waals surface area contributed by atoms with E-state index < -0.39 is 0 Å². The van der Waals surface area contributed by atoms with Crippen LogP contribution in [-0.2, 0) is 7.05 Å². The number of amides is 1. The number of hydrogen-bond acceptors (Lipinski definition) is 3. The molecule has 1 fully saturated rings. The maximum atomic E-state index is 12.1. The highest BCUT2D eigenvalue weighted by atomic mass is 16.3. The molecule has 19 heavy (non-hydrogen) atoms. The molecule has 1 aliphatic carbocycles. The first-order valence-electron chi connectivity index (χ1n) is 7.01. The Morgan fingerprint density at radius 3 is 2.74 bits per heavy atom. The molecule has 1 saturated carbocycles. The van der Waals surface area contributed by atoms with Crippen LogP contribution in [0.15, 0.2) is 6.20 Å². The van der Waals surface area contributed by atoms with Crippen molar-refractivity contribution < 1.29 is 9.90 Å². The van der Waals surface area contributed by atoms with E-state index in [1.165, 1.54) is 12.8 Å². The summed E-state index contributed by atoms with van der Waals surface area (Å²) in [4.78, 5) is 12.1. The number of rotatable bonds is 4. The van der Waals surface area contributed by atoms with Gasteiger partial charge in [0.15, 0.2) is 0 Å². The van der Waals surface area contributed by atoms with E-state index in [0.717, 1.165) is 18.5 Å². The highest BCUT2D eigenvalue weighted by Crippen LogP contribution is 2.29. The lowest BCUT2D eigenvalue weighted by atomic mass is 9.79. The molecule has 0 saturated heterocycles. The van der Waals surface area contributed by atoms with Crippen LogP contribution >= 0.6 is 0 Å². The van der Waals surface area contributed by atoms with Gasteiger partial charge in [-0.15, -0.1) is 0 Å². The molecule has 2 atom stereocenters. The maximum Gasteiger partial charge on any atom is 0.254 e. The summed E-state index contributed by atoms with van der Waals surface area (Å²) in [5.41, 5.74) is 1.51. The van der Waals surface area contributed by atoms with Gasteiger partial charge in [0.25, 0.3) is 5.91 Å². The summed E-state index contributed by atoms with van der Waals surface area (Å²) in [6.07, 6.45) is 6.16. The Hall–Kier alpha value is -1.36. The third kappa shape index (κ3) is 3.15. The lowest BCUT2D eigenvalue weighted by molar-refractivity contribution is 0.0908. The molecule has 106 valence electrons. The highest BCUT2D eigenvalue weighted by Gasteiger charge is 2.25. The Balaban J connectivity index is 1.91. The van der Waals surface area contributed by atoms with Gasteiger partial charge in [-0.1, -0.05) is 12.8 Å². The first-order valence-corrected chi connectivity index (χ1v) is 7.01. The van der Waals surface area contributed by atoms with Crippen molar-refractivity contribution in [3.63, 3.8) is 0 Å². The molecular weight excluding hydrogens is 242 g/mol. The topological polar surface area (TPSA) is 67.2 Å². The SMILES string of the molecule is Cc1c(C(=O)NCC2CCCCC2CO)cnn1C. The number of aliphatic hydroxyl groups is 1. The molecule has 1 heterocycles. The molecule has 0 aromatic carbocycles. The molecule has 0 bridgehead atoms. The van der Waals surface area contributed by atoms with E-state index >= 15 is 0 Å². The highest BCUT2D eigenvalue weighted by molar-refractivity contribution is 5.95. The van der Waals surface area contributed by atoms with Gasteiger partial charge < -0.3 is 10.4 Å². The monoisotopic (exact) mass is 265 g/mol. The van der Waals surface area contributed by atoms with Crippen LogP contribution in [0.2, 0.25) is 0 Å². The van der Waals surface area contributed by atoms with E-state index in [1.807, 2.05) is 14.0 Å². The molecule has 2 rings (SSSR count). The second kappa shape index (κ2) is 6.19. The fourth-order valence-corrected chi connectivity index (χ4v) is 2.83. The van der Waals surface area contributed by atoms with Crippen molar-refractivity contribution in [1.82, 2.24) is 15.1 Å². The molecule has 1 amide bonds. The van der Waals surface area contributed by atoms with Gasteiger partial charge in [0.1, 0.15) is 0 Å². The molecule has 5 nitrogen and oxygen atoms in total. The van der Waals surface area contributed by atoms with Gasteiger partial charge in [-0.25, -0.2) is 0 Å². The average Bonchev–Trinajstić information content (AvgIpc) is 2.77. The molecule has 2 N–H and O–H groups in total. The maximum absolute atomic E-state index is 12.1. The van der Waals surface area contributed by atoms with Gasteiger partial charge in [-0.2, -0.15) is 5.10 Å². The second-order valence-corrected chi connectivity index (χ2v) is 5.46. The molecule has 0 radical (unpaired) electrons. The first-order chi connectivity index (χ1) is 9.13. The van der Waals surface area contributed by atoms with E-state index in [-0.39, 0.29) is 12.5 Å². The number of nitrogens with zero attached hydrogens (tertiary/aromatic N) is 2. The average molecular weight is 265 g/mol. The summed E-state index contributed by atoms with van der Waals surface area (Å²) in [5, 5.41) is 16.4. The van der Waals surface area contributed by atoms with Crippen LogP contribution in [0.4, 0.5) is 0 Å². The van der Waals surface area contributed by atoms with Crippen molar-refractivity contribution in [3.8, 4) is 0 Å². The summed E-state index contributed by atoms with van der Waals surface area (Å²) >= 11 is 0. The molecule has 5 heteroatoms. The van der Waals surface area contributed by atoms with Crippen LogP contribution in [0.25, 0.3) is 0 Å². The van der Waals surface area contributed by atoms with Gasteiger partial charge in [0.2, 0.25) is 0 Å². The quantitative estimate of drug-likeness (QED) is 0.861. The van der Waals surface area contributed by atoms with E-state index in [2.05, 4.69) is 10.4 Å². The van der Waals surface area contributed by atoms with Crippen molar-refractivity contribution in [2.24, 2.45) is 18.9 Å². The number of aromatic nitrogens is 2. The number of aryl methyl sites for hydroxylation is 1. The third-order valence-electron chi connectivity index (χ3n) is 4.31. The number of carbonyl (C=O) groups excluding carboxylic acids is 1. The smallest absolute Gasteiger partial charge is 0.254 e. The molecule has 1 aliphatic rings. The minimum absolute atomic E-state index is 0.0622. The Morgan fingerprint density at radius 1 is 1.47 bits per heavy atom. The van der Waals surface area contributed by atoms with Gasteiger partial charge in [-0.3, -0.25) is 9.48 Å². The summed E-state index contributed by atoms with van der Waals surface area (Å²) in [5.74, 6) is 0.677. The Labute approximate surface area is 114 Å². The zero-order valence-electron chi connectivity index (χ0n) is 11.7. The van der Waals surface area contributed by atoms with Crippen LogP contribution in [0.1, 0.15) is 41.7 Å². The number of aliphatic hydroxyl groups excluding tert-OH is 1. The van der Waals surface area contributed by atoms with Crippen LogP contribution in [0, 0.1) is 18.8 Å². The molecule has 1 aromatic rings. The van der Waals surface area contributed by atoms with Crippen molar-refractivity contribution >= 4 is 5.91 Å². The first kappa shape index (κ1) is 14.1. The number of hydrogen-bond donors (Lipinski definition) is 2. The van der Waals surface area contributed by atoms with Crippen LogP contribution in [-0.4, -0.2) is 33.9 Å². The normalized spacial score (nSPS) is 23.3. The predicted octanol–water partition coefficient (Wildman–Crippen LogP) is 1.26. The number of carbonyl (C=O) groups is 1. The molecule has 2 unspecified atom stereocenters. The predicted molar refractivity (Wildman–Crippen MR) is 72.8 cm³/mol. The summed E-state index contributed by atoms with van der Waals surface area (Å²) in [6, 6.07) is 0. The van der Waals surface area contributed by atoms with Crippen molar-refractivity contribution in [2.75, 3.05) is 13.2 Å².